The number of benzene rings is 1. The lowest BCUT2D eigenvalue weighted by Gasteiger charge is -2.24. The van der Waals surface area contributed by atoms with Crippen molar-refractivity contribution >= 4 is 5.97 Å². The zero-order valence-corrected chi connectivity index (χ0v) is 10.7. The molecule has 1 saturated carbocycles. The molecule has 2 nitrogen and oxygen atoms in total. The molecule has 0 unspecified atom stereocenters. The van der Waals surface area contributed by atoms with Crippen molar-refractivity contribution in [3.05, 3.63) is 47.5 Å². The van der Waals surface area contributed by atoms with Gasteiger partial charge in [-0.1, -0.05) is 50.1 Å². The van der Waals surface area contributed by atoms with Gasteiger partial charge in [0.1, 0.15) is 0 Å². The molecule has 0 aliphatic heterocycles. The van der Waals surface area contributed by atoms with Gasteiger partial charge >= 0.3 is 5.97 Å². The SMILES string of the molecule is C=C(Cc1ccccc1C1CCCCC1)C(=O)O. The summed E-state index contributed by atoms with van der Waals surface area (Å²) in [4.78, 5) is 10.9. The number of carbonyl (C=O) groups is 1. The van der Waals surface area contributed by atoms with E-state index in [9.17, 15) is 4.79 Å². The molecule has 1 aliphatic rings. The highest BCUT2D eigenvalue weighted by Crippen LogP contribution is 2.34. The molecule has 0 aromatic heterocycles. The first-order valence-corrected chi connectivity index (χ1v) is 6.67. The van der Waals surface area contributed by atoms with Crippen molar-refractivity contribution in [2.24, 2.45) is 0 Å². The van der Waals surface area contributed by atoms with Crippen LogP contribution in [0.2, 0.25) is 0 Å². The van der Waals surface area contributed by atoms with Gasteiger partial charge in [0.25, 0.3) is 0 Å². The topological polar surface area (TPSA) is 37.3 Å². The van der Waals surface area contributed by atoms with Crippen LogP contribution in [0.15, 0.2) is 36.4 Å². The van der Waals surface area contributed by atoms with E-state index in [1.807, 2.05) is 12.1 Å². The molecule has 0 atom stereocenters. The molecular formula is C16H20O2. The molecule has 1 fully saturated rings. The second-order valence-electron chi connectivity index (χ2n) is 5.12. The second kappa shape index (κ2) is 5.85. The molecule has 96 valence electrons. The molecule has 0 spiro atoms. The number of carboxylic acids is 1. The van der Waals surface area contributed by atoms with Crippen LogP contribution in [0.4, 0.5) is 0 Å². The van der Waals surface area contributed by atoms with E-state index in [1.165, 1.54) is 37.7 Å². The van der Waals surface area contributed by atoms with E-state index in [0.29, 0.717) is 12.3 Å². The Balaban J connectivity index is 2.19. The van der Waals surface area contributed by atoms with Crippen molar-refractivity contribution in [1.29, 1.82) is 0 Å². The molecule has 0 bridgehead atoms. The van der Waals surface area contributed by atoms with Gasteiger partial charge in [-0.2, -0.15) is 0 Å². The van der Waals surface area contributed by atoms with Gasteiger partial charge in [-0.25, -0.2) is 4.79 Å². The fourth-order valence-electron chi connectivity index (χ4n) is 2.81. The molecule has 1 aliphatic carbocycles. The van der Waals surface area contributed by atoms with Crippen molar-refractivity contribution in [2.75, 3.05) is 0 Å². The van der Waals surface area contributed by atoms with Gasteiger partial charge in [0, 0.05) is 12.0 Å². The third-order valence-corrected chi connectivity index (χ3v) is 3.81. The molecular weight excluding hydrogens is 224 g/mol. The van der Waals surface area contributed by atoms with Crippen molar-refractivity contribution in [3.8, 4) is 0 Å². The number of hydrogen-bond donors (Lipinski definition) is 1. The largest absolute Gasteiger partial charge is 0.478 e. The van der Waals surface area contributed by atoms with E-state index >= 15 is 0 Å². The van der Waals surface area contributed by atoms with Crippen molar-refractivity contribution in [3.63, 3.8) is 0 Å². The first-order valence-electron chi connectivity index (χ1n) is 6.67. The standard InChI is InChI=1S/C16H20O2/c1-12(16(17)18)11-14-9-5-6-10-15(14)13-7-3-2-4-8-13/h5-6,9-10,13H,1-4,7-8,11H2,(H,17,18). The summed E-state index contributed by atoms with van der Waals surface area (Å²) in [5.74, 6) is -0.287. The van der Waals surface area contributed by atoms with Gasteiger partial charge in [-0.05, 0) is 29.9 Å². The summed E-state index contributed by atoms with van der Waals surface area (Å²) in [5, 5.41) is 8.95. The van der Waals surface area contributed by atoms with Crippen LogP contribution in [0.3, 0.4) is 0 Å². The van der Waals surface area contributed by atoms with Gasteiger partial charge in [0.15, 0.2) is 0 Å². The minimum absolute atomic E-state index is 0.276. The Morgan fingerprint density at radius 3 is 2.56 bits per heavy atom. The van der Waals surface area contributed by atoms with E-state index in [2.05, 4.69) is 18.7 Å². The van der Waals surface area contributed by atoms with Crippen molar-refractivity contribution in [1.82, 2.24) is 0 Å². The predicted molar refractivity (Wildman–Crippen MR) is 72.7 cm³/mol. The minimum Gasteiger partial charge on any atom is -0.478 e. The highest BCUT2D eigenvalue weighted by Gasteiger charge is 2.18. The molecule has 2 rings (SSSR count). The van der Waals surface area contributed by atoms with Crippen LogP contribution in [-0.2, 0) is 11.2 Å². The zero-order chi connectivity index (χ0) is 13.0. The van der Waals surface area contributed by atoms with Crippen LogP contribution in [-0.4, -0.2) is 11.1 Å². The van der Waals surface area contributed by atoms with Crippen LogP contribution in [0.25, 0.3) is 0 Å². The van der Waals surface area contributed by atoms with Gasteiger partial charge in [0.2, 0.25) is 0 Å². The zero-order valence-electron chi connectivity index (χ0n) is 10.7. The molecule has 0 saturated heterocycles. The smallest absolute Gasteiger partial charge is 0.331 e. The fourth-order valence-corrected chi connectivity index (χ4v) is 2.81. The summed E-state index contributed by atoms with van der Waals surface area (Å²) >= 11 is 0. The Morgan fingerprint density at radius 1 is 1.22 bits per heavy atom. The molecule has 0 amide bonds. The fraction of sp³-hybridized carbons (Fsp3) is 0.438. The first-order chi connectivity index (χ1) is 8.68. The van der Waals surface area contributed by atoms with E-state index in [0.717, 1.165) is 5.56 Å². The van der Waals surface area contributed by atoms with Gasteiger partial charge in [0.05, 0.1) is 0 Å². The van der Waals surface area contributed by atoms with Gasteiger partial charge < -0.3 is 5.11 Å². The third kappa shape index (κ3) is 3.00. The van der Waals surface area contributed by atoms with E-state index in [-0.39, 0.29) is 5.57 Å². The van der Waals surface area contributed by atoms with E-state index < -0.39 is 5.97 Å². The maximum Gasteiger partial charge on any atom is 0.331 e. The number of carboxylic acid groups (broad SMARTS) is 1. The van der Waals surface area contributed by atoms with E-state index in [4.69, 9.17) is 5.11 Å². The molecule has 1 aromatic rings. The highest BCUT2D eigenvalue weighted by atomic mass is 16.4. The number of rotatable bonds is 4. The molecule has 1 aromatic carbocycles. The van der Waals surface area contributed by atoms with Crippen LogP contribution in [0, 0.1) is 0 Å². The Morgan fingerprint density at radius 2 is 1.89 bits per heavy atom. The summed E-state index contributed by atoms with van der Waals surface area (Å²) in [6.45, 7) is 3.64. The summed E-state index contributed by atoms with van der Waals surface area (Å²) in [5.41, 5.74) is 2.75. The Labute approximate surface area is 108 Å². The molecule has 0 radical (unpaired) electrons. The normalized spacial score (nSPS) is 16.4. The second-order valence-corrected chi connectivity index (χ2v) is 5.12. The predicted octanol–water partition coefficient (Wildman–Crippen LogP) is 3.92. The van der Waals surface area contributed by atoms with E-state index in [1.54, 1.807) is 0 Å². The lowest BCUT2D eigenvalue weighted by Crippen LogP contribution is -2.09. The third-order valence-electron chi connectivity index (χ3n) is 3.81. The maximum atomic E-state index is 10.9. The monoisotopic (exact) mass is 244 g/mol. The summed E-state index contributed by atoms with van der Waals surface area (Å²) in [6.07, 6.45) is 6.84. The van der Waals surface area contributed by atoms with Crippen LogP contribution in [0.5, 0.6) is 0 Å². The summed E-state index contributed by atoms with van der Waals surface area (Å²) in [7, 11) is 0. The Hall–Kier alpha value is -1.57. The summed E-state index contributed by atoms with van der Waals surface area (Å²) in [6, 6.07) is 8.23. The molecule has 2 heteroatoms. The number of aliphatic carboxylic acids is 1. The van der Waals surface area contributed by atoms with Crippen molar-refractivity contribution < 1.29 is 9.90 Å². The Bertz CT molecular complexity index is 442. The van der Waals surface area contributed by atoms with Crippen molar-refractivity contribution in [2.45, 2.75) is 44.4 Å². The molecule has 1 N–H and O–H groups in total. The highest BCUT2D eigenvalue weighted by molar-refractivity contribution is 5.86. The van der Waals surface area contributed by atoms with Crippen LogP contribution >= 0.6 is 0 Å². The lowest BCUT2D eigenvalue weighted by molar-refractivity contribution is -0.132. The average molecular weight is 244 g/mol. The average Bonchev–Trinajstić information content (AvgIpc) is 2.40. The lowest BCUT2D eigenvalue weighted by atomic mass is 9.81. The summed E-state index contributed by atoms with van der Waals surface area (Å²) < 4.78 is 0. The number of hydrogen-bond acceptors (Lipinski definition) is 1. The maximum absolute atomic E-state index is 10.9. The van der Waals surface area contributed by atoms with Crippen LogP contribution < -0.4 is 0 Å². The molecule has 18 heavy (non-hydrogen) atoms. The van der Waals surface area contributed by atoms with Crippen LogP contribution in [0.1, 0.15) is 49.1 Å². The quantitative estimate of drug-likeness (QED) is 0.815. The Kier molecular flexibility index (Phi) is 4.19. The first kappa shape index (κ1) is 12.9. The van der Waals surface area contributed by atoms with Gasteiger partial charge in [-0.15, -0.1) is 0 Å². The minimum atomic E-state index is -0.895. The molecule has 0 heterocycles. The van der Waals surface area contributed by atoms with Gasteiger partial charge in [-0.3, -0.25) is 0 Å².